The highest BCUT2D eigenvalue weighted by Gasteiger charge is 2.52. The van der Waals surface area contributed by atoms with Crippen LogP contribution in [-0.4, -0.2) is 23.3 Å². The Morgan fingerprint density at radius 3 is 2.35 bits per heavy atom. The van der Waals surface area contributed by atoms with E-state index in [1.165, 1.54) is 0 Å². The Bertz CT molecular complexity index is 651. The standard InChI is InChI=1S/C15H17BClNO2/c1-14(2)15(3,4)20-16(19-14)11-7-5-6-10-8-9-18-13(17)12(10)11/h5-9H,1-4H3. The quantitative estimate of drug-likeness (QED) is 0.597. The summed E-state index contributed by atoms with van der Waals surface area (Å²) >= 11 is 6.26. The summed E-state index contributed by atoms with van der Waals surface area (Å²) in [5.74, 6) is 0. The van der Waals surface area contributed by atoms with Gasteiger partial charge in [-0.2, -0.15) is 0 Å². The maximum atomic E-state index is 6.26. The molecule has 20 heavy (non-hydrogen) atoms. The van der Waals surface area contributed by atoms with E-state index < -0.39 is 7.12 Å². The molecule has 0 atom stereocenters. The van der Waals surface area contributed by atoms with Gasteiger partial charge in [-0.05, 0) is 44.6 Å². The van der Waals surface area contributed by atoms with Crippen LogP contribution in [0.15, 0.2) is 30.5 Å². The normalized spacial score (nSPS) is 20.6. The molecule has 1 fully saturated rings. The molecule has 0 spiro atoms. The first kappa shape index (κ1) is 13.9. The molecule has 0 saturated carbocycles. The predicted octanol–water partition coefficient (Wildman–Crippen LogP) is 3.19. The summed E-state index contributed by atoms with van der Waals surface area (Å²) < 4.78 is 12.2. The Balaban J connectivity index is 2.13. The summed E-state index contributed by atoms with van der Waals surface area (Å²) in [6.45, 7) is 8.16. The molecule has 1 aromatic heterocycles. The lowest BCUT2D eigenvalue weighted by molar-refractivity contribution is 0.00578. The number of aromatic nitrogens is 1. The summed E-state index contributed by atoms with van der Waals surface area (Å²) in [7, 11) is -0.426. The molecule has 0 amide bonds. The highest BCUT2D eigenvalue weighted by molar-refractivity contribution is 6.66. The van der Waals surface area contributed by atoms with E-state index in [4.69, 9.17) is 20.9 Å². The maximum Gasteiger partial charge on any atom is 0.495 e. The monoisotopic (exact) mass is 289 g/mol. The molecule has 104 valence electrons. The van der Waals surface area contributed by atoms with Crippen molar-refractivity contribution in [2.45, 2.75) is 38.9 Å². The van der Waals surface area contributed by atoms with Gasteiger partial charge >= 0.3 is 7.12 Å². The van der Waals surface area contributed by atoms with Crippen molar-refractivity contribution in [2.75, 3.05) is 0 Å². The van der Waals surface area contributed by atoms with Crippen LogP contribution in [0.3, 0.4) is 0 Å². The summed E-state index contributed by atoms with van der Waals surface area (Å²) in [6.07, 6.45) is 1.71. The minimum atomic E-state index is -0.426. The van der Waals surface area contributed by atoms with Crippen molar-refractivity contribution < 1.29 is 9.31 Å². The second kappa shape index (κ2) is 4.45. The summed E-state index contributed by atoms with van der Waals surface area (Å²) in [5.41, 5.74) is 0.197. The number of rotatable bonds is 1. The van der Waals surface area contributed by atoms with Crippen LogP contribution in [0, 0.1) is 0 Å². The fourth-order valence-electron chi connectivity index (χ4n) is 2.38. The summed E-state index contributed by atoms with van der Waals surface area (Å²) in [4.78, 5) is 4.17. The van der Waals surface area contributed by atoms with E-state index in [9.17, 15) is 0 Å². The Hall–Kier alpha value is -1.10. The number of halogens is 1. The Kier molecular flexibility index (Phi) is 3.09. The second-order valence-corrected chi connectivity index (χ2v) is 6.49. The highest BCUT2D eigenvalue weighted by Crippen LogP contribution is 2.37. The minimum Gasteiger partial charge on any atom is -0.399 e. The molecular weight excluding hydrogens is 272 g/mol. The average Bonchev–Trinajstić information content (AvgIpc) is 2.58. The van der Waals surface area contributed by atoms with Crippen molar-refractivity contribution in [3.8, 4) is 0 Å². The lowest BCUT2D eigenvalue weighted by Gasteiger charge is -2.32. The number of nitrogens with zero attached hydrogens (tertiary/aromatic N) is 1. The Labute approximate surface area is 124 Å². The van der Waals surface area contributed by atoms with Crippen molar-refractivity contribution in [3.05, 3.63) is 35.6 Å². The molecular formula is C15H17BClNO2. The van der Waals surface area contributed by atoms with E-state index >= 15 is 0 Å². The first-order valence-electron chi connectivity index (χ1n) is 6.71. The van der Waals surface area contributed by atoms with Gasteiger partial charge in [0, 0.05) is 11.6 Å². The molecule has 3 nitrogen and oxygen atoms in total. The van der Waals surface area contributed by atoms with Crippen molar-refractivity contribution in [1.29, 1.82) is 0 Å². The van der Waals surface area contributed by atoms with Crippen LogP contribution in [-0.2, 0) is 9.31 Å². The minimum absolute atomic E-state index is 0.367. The van der Waals surface area contributed by atoms with Gasteiger partial charge in [0.2, 0.25) is 0 Å². The molecule has 0 N–H and O–H groups in total. The molecule has 1 aliphatic heterocycles. The lowest BCUT2D eigenvalue weighted by Crippen LogP contribution is -2.41. The maximum absolute atomic E-state index is 6.26. The third kappa shape index (κ3) is 2.03. The van der Waals surface area contributed by atoms with Gasteiger partial charge in [0.25, 0.3) is 0 Å². The van der Waals surface area contributed by atoms with E-state index in [2.05, 4.69) is 4.98 Å². The topological polar surface area (TPSA) is 31.4 Å². The van der Waals surface area contributed by atoms with Crippen molar-refractivity contribution in [1.82, 2.24) is 4.98 Å². The van der Waals surface area contributed by atoms with E-state index in [1.54, 1.807) is 6.20 Å². The molecule has 2 aromatic rings. The SMILES string of the molecule is CC1(C)OB(c2cccc3ccnc(Cl)c23)OC1(C)C. The number of pyridine rings is 1. The van der Waals surface area contributed by atoms with Gasteiger partial charge in [-0.25, -0.2) is 4.98 Å². The number of hydrogen-bond donors (Lipinski definition) is 0. The molecule has 0 radical (unpaired) electrons. The molecule has 1 saturated heterocycles. The van der Waals surface area contributed by atoms with Gasteiger partial charge < -0.3 is 9.31 Å². The first-order valence-corrected chi connectivity index (χ1v) is 7.08. The van der Waals surface area contributed by atoms with Gasteiger partial charge in [-0.15, -0.1) is 0 Å². The molecule has 1 aliphatic rings. The summed E-state index contributed by atoms with van der Waals surface area (Å²) in [6, 6.07) is 7.92. The predicted molar refractivity (Wildman–Crippen MR) is 82.5 cm³/mol. The van der Waals surface area contributed by atoms with Gasteiger partial charge in [-0.3, -0.25) is 0 Å². The zero-order valence-electron chi connectivity index (χ0n) is 12.1. The largest absolute Gasteiger partial charge is 0.495 e. The van der Waals surface area contributed by atoms with E-state index in [-0.39, 0.29) is 11.2 Å². The van der Waals surface area contributed by atoms with E-state index in [1.807, 2.05) is 52.0 Å². The molecule has 0 unspecified atom stereocenters. The van der Waals surface area contributed by atoms with Gasteiger partial charge in [-0.1, -0.05) is 29.8 Å². The molecule has 5 heteroatoms. The van der Waals surface area contributed by atoms with Crippen LogP contribution < -0.4 is 5.46 Å². The molecule has 3 rings (SSSR count). The number of benzene rings is 1. The summed E-state index contributed by atoms with van der Waals surface area (Å²) in [5, 5.41) is 2.42. The fourth-order valence-corrected chi connectivity index (χ4v) is 2.65. The van der Waals surface area contributed by atoms with Crippen LogP contribution in [0.5, 0.6) is 0 Å². The molecule has 2 heterocycles. The van der Waals surface area contributed by atoms with Crippen LogP contribution >= 0.6 is 11.6 Å². The lowest BCUT2D eigenvalue weighted by atomic mass is 9.76. The smallest absolute Gasteiger partial charge is 0.399 e. The van der Waals surface area contributed by atoms with Gasteiger partial charge in [0.1, 0.15) is 5.15 Å². The van der Waals surface area contributed by atoms with Crippen LogP contribution in [0.4, 0.5) is 0 Å². The van der Waals surface area contributed by atoms with Crippen LogP contribution in [0.1, 0.15) is 27.7 Å². The molecule has 1 aromatic carbocycles. The third-order valence-corrected chi connectivity index (χ3v) is 4.57. The van der Waals surface area contributed by atoms with Crippen molar-refractivity contribution in [2.24, 2.45) is 0 Å². The Morgan fingerprint density at radius 2 is 1.70 bits per heavy atom. The van der Waals surface area contributed by atoms with Crippen molar-refractivity contribution >= 4 is 35.0 Å². The Morgan fingerprint density at radius 1 is 1.05 bits per heavy atom. The zero-order valence-corrected chi connectivity index (χ0v) is 12.9. The van der Waals surface area contributed by atoms with E-state index in [0.717, 1.165) is 16.2 Å². The average molecular weight is 290 g/mol. The van der Waals surface area contributed by atoms with Gasteiger partial charge in [0.05, 0.1) is 11.2 Å². The third-order valence-electron chi connectivity index (χ3n) is 4.28. The number of fused-ring (bicyclic) bond motifs is 1. The van der Waals surface area contributed by atoms with E-state index in [0.29, 0.717) is 5.15 Å². The zero-order chi connectivity index (χ0) is 14.5. The first-order chi connectivity index (χ1) is 9.32. The fraction of sp³-hybridized carbons (Fsp3) is 0.400. The van der Waals surface area contributed by atoms with Crippen LogP contribution in [0.2, 0.25) is 5.15 Å². The highest BCUT2D eigenvalue weighted by atomic mass is 35.5. The van der Waals surface area contributed by atoms with Crippen molar-refractivity contribution in [3.63, 3.8) is 0 Å². The molecule has 0 aliphatic carbocycles. The number of hydrogen-bond acceptors (Lipinski definition) is 3. The van der Waals surface area contributed by atoms with Crippen LogP contribution in [0.25, 0.3) is 10.8 Å². The van der Waals surface area contributed by atoms with Gasteiger partial charge in [0.15, 0.2) is 0 Å². The molecule has 0 bridgehead atoms. The second-order valence-electron chi connectivity index (χ2n) is 6.14.